The molecule has 5 nitrogen and oxygen atoms in total. The van der Waals surface area contributed by atoms with Gasteiger partial charge >= 0.3 is 11.9 Å². The predicted octanol–water partition coefficient (Wildman–Crippen LogP) is 4.56. The first-order valence-corrected chi connectivity index (χ1v) is 9.44. The van der Waals surface area contributed by atoms with E-state index < -0.39 is 23.5 Å². The van der Waals surface area contributed by atoms with Crippen LogP contribution in [-0.4, -0.2) is 30.4 Å². The Labute approximate surface area is 172 Å². The van der Waals surface area contributed by atoms with Crippen molar-refractivity contribution in [3.05, 3.63) is 83.6 Å². The first-order chi connectivity index (χ1) is 13.7. The zero-order chi connectivity index (χ0) is 21.4. The molecule has 0 heterocycles. The largest absolute Gasteiger partial charge is 0.469 e. The molecule has 29 heavy (non-hydrogen) atoms. The summed E-state index contributed by atoms with van der Waals surface area (Å²) < 4.78 is 10.3. The van der Waals surface area contributed by atoms with E-state index in [9.17, 15) is 9.59 Å². The first kappa shape index (κ1) is 22.1. The minimum atomic E-state index is -0.695. The van der Waals surface area contributed by atoms with E-state index in [0.717, 1.165) is 11.1 Å². The van der Waals surface area contributed by atoms with Crippen molar-refractivity contribution in [3.8, 4) is 0 Å². The smallest absolute Gasteiger partial charge is 0.357 e. The lowest BCUT2D eigenvalue weighted by molar-refractivity contribution is -0.149. The molecular formula is C24H27NO4. The van der Waals surface area contributed by atoms with Crippen LogP contribution >= 0.6 is 0 Å². The summed E-state index contributed by atoms with van der Waals surface area (Å²) in [5, 5.41) is 0. The van der Waals surface area contributed by atoms with Crippen molar-refractivity contribution in [2.45, 2.75) is 33.3 Å². The van der Waals surface area contributed by atoms with E-state index in [1.807, 2.05) is 60.7 Å². The number of esters is 2. The zero-order valence-corrected chi connectivity index (χ0v) is 17.5. The molecule has 0 spiro atoms. The molecule has 0 aliphatic rings. The van der Waals surface area contributed by atoms with Crippen LogP contribution in [0.5, 0.6) is 0 Å². The molecule has 0 saturated heterocycles. The molecule has 2 aromatic carbocycles. The molecule has 0 unspecified atom stereocenters. The molecule has 0 fully saturated rings. The average Bonchev–Trinajstić information content (AvgIpc) is 2.70. The van der Waals surface area contributed by atoms with Crippen molar-refractivity contribution in [2.24, 2.45) is 10.9 Å². The van der Waals surface area contributed by atoms with Gasteiger partial charge in [0.05, 0.1) is 18.7 Å². The highest BCUT2D eigenvalue weighted by Gasteiger charge is 2.23. The van der Waals surface area contributed by atoms with Gasteiger partial charge in [0, 0.05) is 11.1 Å². The Balaban J connectivity index is 2.61. The third-order valence-electron chi connectivity index (χ3n) is 3.92. The Morgan fingerprint density at radius 2 is 1.41 bits per heavy atom. The molecular weight excluding hydrogens is 366 g/mol. The van der Waals surface area contributed by atoms with Crippen LogP contribution in [0.15, 0.2) is 77.4 Å². The molecule has 0 saturated carbocycles. The van der Waals surface area contributed by atoms with Gasteiger partial charge in [-0.15, -0.1) is 0 Å². The van der Waals surface area contributed by atoms with Crippen LogP contribution in [0.2, 0.25) is 0 Å². The number of nitrogens with zero attached hydrogens (tertiary/aromatic N) is 1. The van der Waals surface area contributed by atoms with Crippen LogP contribution in [0.1, 0.15) is 38.8 Å². The summed E-state index contributed by atoms with van der Waals surface area (Å²) in [7, 11) is 1.31. The van der Waals surface area contributed by atoms with Gasteiger partial charge in [-0.2, -0.15) is 0 Å². The quantitative estimate of drug-likeness (QED) is 0.410. The van der Waals surface area contributed by atoms with Crippen molar-refractivity contribution < 1.29 is 19.1 Å². The minimum Gasteiger partial charge on any atom is -0.469 e. The molecule has 0 aliphatic carbocycles. The maximum absolute atomic E-state index is 12.9. The van der Waals surface area contributed by atoms with Gasteiger partial charge in [-0.3, -0.25) is 4.79 Å². The van der Waals surface area contributed by atoms with E-state index in [4.69, 9.17) is 9.47 Å². The molecule has 5 heteroatoms. The lowest BCUT2D eigenvalue weighted by atomic mass is 10.0. The summed E-state index contributed by atoms with van der Waals surface area (Å²) in [5.41, 5.74) is 1.67. The maximum Gasteiger partial charge on any atom is 0.357 e. The van der Waals surface area contributed by atoms with Crippen LogP contribution in [0.3, 0.4) is 0 Å². The second-order valence-electron chi connectivity index (χ2n) is 7.56. The van der Waals surface area contributed by atoms with E-state index in [-0.39, 0.29) is 5.70 Å². The number of methoxy groups -OCH3 is 1. The molecule has 0 aliphatic heterocycles. The molecule has 1 atom stereocenters. The Morgan fingerprint density at radius 3 is 1.83 bits per heavy atom. The number of rotatable bonds is 6. The van der Waals surface area contributed by atoms with Gasteiger partial charge in [-0.05, 0) is 33.8 Å². The van der Waals surface area contributed by atoms with Crippen LogP contribution < -0.4 is 0 Å². The van der Waals surface area contributed by atoms with E-state index in [1.54, 1.807) is 27.7 Å². The fraction of sp³-hybridized carbons (Fsp3) is 0.292. The molecule has 0 aromatic heterocycles. The minimum absolute atomic E-state index is 0.0560. The van der Waals surface area contributed by atoms with Crippen LogP contribution in [0.25, 0.3) is 0 Å². The highest BCUT2D eigenvalue weighted by molar-refractivity contribution is 6.14. The molecule has 2 aromatic rings. The van der Waals surface area contributed by atoms with Gasteiger partial charge in [0.15, 0.2) is 0 Å². The fourth-order valence-corrected chi connectivity index (χ4v) is 2.58. The van der Waals surface area contributed by atoms with Crippen molar-refractivity contribution in [2.75, 3.05) is 7.11 Å². The SMILES string of the molecule is COC(=O)[C@@H](C)/C=C(/N=C(c1ccccc1)c1ccccc1)C(=O)OC(C)(C)C. The Morgan fingerprint density at radius 1 is 0.931 bits per heavy atom. The monoisotopic (exact) mass is 393 g/mol. The van der Waals surface area contributed by atoms with E-state index in [0.29, 0.717) is 5.71 Å². The number of ether oxygens (including phenoxy) is 2. The molecule has 152 valence electrons. The summed E-state index contributed by atoms with van der Waals surface area (Å²) in [6, 6.07) is 19.1. The second-order valence-corrected chi connectivity index (χ2v) is 7.56. The van der Waals surface area contributed by atoms with Crippen molar-refractivity contribution in [1.82, 2.24) is 0 Å². The highest BCUT2D eigenvalue weighted by atomic mass is 16.6. The second kappa shape index (κ2) is 9.82. The van der Waals surface area contributed by atoms with Gasteiger partial charge in [-0.1, -0.05) is 60.7 Å². The lowest BCUT2D eigenvalue weighted by Crippen LogP contribution is -2.25. The van der Waals surface area contributed by atoms with Gasteiger partial charge < -0.3 is 9.47 Å². The fourth-order valence-electron chi connectivity index (χ4n) is 2.58. The Hall–Kier alpha value is -3.21. The number of carbonyl (C=O) groups excluding carboxylic acids is 2. The topological polar surface area (TPSA) is 65.0 Å². The molecule has 0 N–H and O–H groups in total. The molecule has 0 amide bonds. The number of hydrogen-bond donors (Lipinski definition) is 0. The molecule has 0 radical (unpaired) electrons. The zero-order valence-electron chi connectivity index (χ0n) is 17.5. The van der Waals surface area contributed by atoms with E-state index in [2.05, 4.69) is 4.99 Å². The third-order valence-corrected chi connectivity index (χ3v) is 3.92. The summed E-state index contributed by atoms with van der Waals surface area (Å²) in [4.78, 5) is 29.4. The Bertz CT molecular complexity index is 852. The van der Waals surface area contributed by atoms with Crippen molar-refractivity contribution in [1.29, 1.82) is 0 Å². The van der Waals surface area contributed by atoms with Crippen LogP contribution in [0.4, 0.5) is 0 Å². The summed E-state index contributed by atoms with van der Waals surface area (Å²) in [6.07, 6.45) is 1.48. The molecule has 0 bridgehead atoms. The normalized spacial score (nSPS) is 12.7. The number of carbonyl (C=O) groups is 2. The van der Waals surface area contributed by atoms with E-state index >= 15 is 0 Å². The summed E-state index contributed by atoms with van der Waals surface area (Å²) in [6.45, 7) is 7.00. The van der Waals surface area contributed by atoms with Crippen molar-refractivity contribution in [3.63, 3.8) is 0 Å². The van der Waals surface area contributed by atoms with Gasteiger partial charge in [0.2, 0.25) is 0 Å². The van der Waals surface area contributed by atoms with Gasteiger partial charge in [0.25, 0.3) is 0 Å². The van der Waals surface area contributed by atoms with Gasteiger partial charge in [0.1, 0.15) is 11.3 Å². The third kappa shape index (κ3) is 6.71. The highest BCUT2D eigenvalue weighted by Crippen LogP contribution is 2.18. The predicted molar refractivity (Wildman–Crippen MR) is 114 cm³/mol. The van der Waals surface area contributed by atoms with Crippen LogP contribution in [0, 0.1) is 5.92 Å². The standard InChI is InChI=1S/C24H27NO4/c1-17(22(26)28-5)16-20(23(27)29-24(2,3)4)25-21(18-12-8-6-9-13-18)19-14-10-7-11-15-19/h6-17H,1-5H3/b20-16+/t17-/m0/s1. The summed E-state index contributed by atoms with van der Waals surface area (Å²) >= 11 is 0. The van der Waals surface area contributed by atoms with Crippen LogP contribution in [-0.2, 0) is 19.1 Å². The number of benzene rings is 2. The summed E-state index contributed by atoms with van der Waals surface area (Å²) in [5.74, 6) is -1.71. The molecule has 2 rings (SSSR count). The van der Waals surface area contributed by atoms with E-state index in [1.165, 1.54) is 13.2 Å². The average molecular weight is 393 g/mol. The van der Waals surface area contributed by atoms with Crippen molar-refractivity contribution >= 4 is 17.7 Å². The lowest BCUT2D eigenvalue weighted by Gasteiger charge is -2.20. The number of aliphatic imine (C=N–C) groups is 1. The maximum atomic E-state index is 12.9. The first-order valence-electron chi connectivity index (χ1n) is 9.44. The van der Waals surface area contributed by atoms with Gasteiger partial charge in [-0.25, -0.2) is 9.79 Å². The number of hydrogen-bond acceptors (Lipinski definition) is 5. The Kier molecular flexibility index (Phi) is 7.48.